The SMILES string of the molecule is [2H]c1cc(C([2H])([2H])Oc2cccc3c2CN(C2CCC(=O)NC2=O)C3=O)c([2H])c([2H])c1C([2H])N1CCOCC1. The largest absolute Gasteiger partial charge is 0.489 e. The normalized spacial score (nSPS) is 25.2. The van der Waals surface area contributed by atoms with Crippen molar-refractivity contribution < 1.29 is 32.1 Å². The molecule has 1 N–H and O–H groups in total. The Labute approximate surface area is 200 Å². The lowest BCUT2D eigenvalue weighted by Crippen LogP contribution is -2.52. The molecule has 0 spiro atoms. The van der Waals surface area contributed by atoms with Gasteiger partial charge in [0.05, 0.1) is 26.6 Å². The van der Waals surface area contributed by atoms with Crippen molar-refractivity contribution >= 4 is 17.7 Å². The first-order chi connectivity index (χ1) is 18.5. The summed E-state index contributed by atoms with van der Waals surface area (Å²) in [5.41, 5.74) is 0.251. The van der Waals surface area contributed by atoms with Gasteiger partial charge < -0.3 is 14.4 Å². The molecular formula is C25H27N3O5. The number of morpholine rings is 1. The van der Waals surface area contributed by atoms with Crippen molar-refractivity contribution in [2.75, 3.05) is 26.3 Å². The van der Waals surface area contributed by atoms with Crippen molar-refractivity contribution in [3.05, 3.63) is 64.6 Å². The van der Waals surface area contributed by atoms with E-state index >= 15 is 0 Å². The summed E-state index contributed by atoms with van der Waals surface area (Å²) >= 11 is 0. The van der Waals surface area contributed by atoms with Crippen LogP contribution < -0.4 is 10.1 Å². The molecule has 3 heterocycles. The van der Waals surface area contributed by atoms with Crippen molar-refractivity contribution in [1.29, 1.82) is 0 Å². The van der Waals surface area contributed by atoms with Crippen LogP contribution in [0.3, 0.4) is 0 Å². The third-order valence-corrected chi connectivity index (χ3v) is 5.87. The first kappa shape index (κ1) is 15.6. The Bertz CT molecular complexity index is 1350. The molecule has 0 aliphatic carbocycles. The lowest BCUT2D eigenvalue weighted by molar-refractivity contribution is -0.136. The van der Waals surface area contributed by atoms with Gasteiger partial charge in [-0.3, -0.25) is 24.6 Å². The van der Waals surface area contributed by atoms with Crippen LogP contribution in [0.1, 0.15) is 48.1 Å². The topological polar surface area (TPSA) is 88.2 Å². The number of ether oxygens (including phenoxy) is 2. The third-order valence-electron chi connectivity index (χ3n) is 5.87. The van der Waals surface area contributed by atoms with Gasteiger partial charge in [-0.15, -0.1) is 0 Å². The van der Waals surface area contributed by atoms with Crippen LogP contribution in [0.15, 0.2) is 42.4 Å². The summed E-state index contributed by atoms with van der Waals surface area (Å²) in [4.78, 5) is 40.1. The highest BCUT2D eigenvalue weighted by atomic mass is 16.5. The number of hydrogen-bond acceptors (Lipinski definition) is 6. The molecule has 33 heavy (non-hydrogen) atoms. The molecule has 0 aromatic heterocycles. The Morgan fingerprint density at radius 2 is 1.94 bits per heavy atom. The molecule has 2 saturated heterocycles. The highest BCUT2D eigenvalue weighted by Gasteiger charge is 2.40. The number of nitrogens with zero attached hydrogens (tertiary/aromatic N) is 2. The minimum Gasteiger partial charge on any atom is -0.489 e. The van der Waals surface area contributed by atoms with Crippen molar-refractivity contribution in [3.8, 4) is 5.75 Å². The standard InChI is InChI=1S/C25H27N3O5/c29-23-9-8-21(24(30)26-23)28-15-20-19(25(28)31)2-1-3-22(20)33-16-18-6-4-17(5-7-18)14-27-10-12-32-13-11-27/h1-7,21H,8-16H2,(H,26,29,30)/i4D,5D,6D,14D,16D2. The fourth-order valence-corrected chi connectivity index (χ4v) is 4.13. The molecule has 5 rings (SSSR count). The highest BCUT2D eigenvalue weighted by Crippen LogP contribution is 2.34. The highest BCUT2D eigenvalue weighted by molar-refractivity contribution is 6.05. The van der Waals surface area contributed by atoms with E-state index in [2.05, 4.69) is 5.32 Å². The molecule has 8 heteroatoms. The molecule has 2 fully saturated rings. The van der Waals surface area contributed by atoms with Crippen molar-refractivity contribution in [2.45, 2.75) is 38.5 Å². The van der Waals surface area contributed by atoms with Crippen molar-refractivity contribution in [1.82, 2.24) is 15.1 Å². The van der Waals surface area contributed by atoms with E-state index in [9.17, 15) is 14.4 Å². The molecule has 3 amide bonds. The van der Waals surface area contributed by atoms with Crippen molar-refractivity contribution in [2.24, 2.45) is 0 Å². The number of hydrogen-bond donors (Lipinski definition) is 1. The van der Waals surface area contributed by atoms with Gasteiger partial charge in [-0.2, -0.15) is 0 Å². The summed E-state index contributed by atoms with van der Waals surface area (Å²) in [5.74, 6) is -1.39. The molecule has 2 aromatic carbocycles. The molecule has 0 radical (unpaired) electrons. The van der Waals surface area contributed by atoms with E-state index in [1.54, 1.807) is 11.0 Å². The van der Waals surface area contributed by atoms with Gasteiger partial charge in [-0.05, 0) is 29.7 Å². The van der Waals surface area contributed by atoms with Gasteiger partial charge in [0.15, 0.2) is 0 Å². The monoisotopic (exact) mass is 455 g/mol. The lowest BCUT2D eigenvalue weighted by atomic mass is 10.0. The maximum absolute atomic E-state index is 13.1. The minimum absolute atomic E-state index is 0.00697. The van der Waals surface area contributed by atoms with Gasteiger partial charge in [0.1, 0.15) is 18.4 Å². The van der Waals surface area contributed by atoms with Crippen LogP contribution in [0, 0.1) is 0 Å². The number of nitrogens with one attached hydrogen (secondary N) is 1. The number of rotatable bonds is 6. The fraction of sp³-hybridized carbons (Fsp3) is 0.400. The number of piperidine rings is 1. The third kappa shape index (κ3) is 4.62. The maximum atomic E-state index is 13.1. The van der Waals surface area contributed by atoms with Gasteiger partial charge in [0, 0.05) is 38.5 Å². The van der Waals surface area contributed by atoms with E-state index in [0.29, 0.717) is 31.9 Å². The van der Waals surface area contributed by atoms with E-state index in [4.69, 9.17) is 17.7 Å². The van der Waals surface area contributed by atoms with E-state index in [0.717, 1.165) is 6.07 Å². The molecule has 172 valence electrons. The summed E-state index contributed by atoms with van der Waals surface area (Å²) in [6.07, 6.45) is 0.274. The maximum Gasteiger partial charge on any atom is 0.255 e. The van der Waals surface area contributed by atoms with E-state index in [1.165, 1.54) is 17.0 Å². The van der Waals surface area contributed by atoms with Crippen LogP contribution in [0.2, 0.25) is 0 Å². The second-order valence-corrected chi connectivity index (χ2v) is 8.03. The average molecular weight is 456 g/mol. The quantitative estimate of drug-likeness (QED) is 0.669. The zero-order chi connectivity index (χ0) is 28.1. The smallest absolute Gasteiger partial charge is 0.255 e. The Morgan fingerprint density at radius 1 is 1.12 bits per heavy atom. The van der Waals surface area contributed by atoms with Gasteiger partial charge in [-0.1, -0.05) is 30.3 Å². The van der Waals surface area contributed by atoms with E-state index in [1.807, 2.05) is 0 Å². The summed E-state index contributed by atoms with van der Waals surface area (Å²) in [5, 5.41) is 2.24. The van der Waals surface area contributed by atoms with Gasteiger partial charge in [0.25, 0.3) is 5.91 Å². The predicted molar refractivity (Wildman–Crippen MR) is 119 cm³/mol. The zero-order valence-corrected chi connectivity index (χ0v) is 17.8. The minimum atomic E-state index is -2.65. The van der Waals surface area contributed by atoms with Crippen LogP contribution >= 0.6 is 0 Å². The summed E-state index contributed by atoms with van der Waals surface area (Å²) < 4.78 is 62.2. The molecule has 2 atom stereocenters. The molecule has 2 unspecified atom stereocenters. The number of carbonyl (C=O) groups excluding carboxylic acids is 3. The molecule has 3 aliphatic heterocycles. The molecule has 3 aliphatic rings. The Kier molecular flexibility index (Phi) is 4.40. The fourth-order valence-electron chi connectivity index (χ4n) is 4.13. The average Bonchev–Trinajstić information content (AvgIpc) is 3.23. The second-order valence-electron chi connectivity index (χ2n) is 8.03. The molecule has 2 aromatic rings. The summed E-state index contributed by atoms with van der Waals surface area (Å²) in [7, 11) is 0. The van der Waals surface area contributed by atoms with Crippen LogP contribution in [-0.2, 0) is 34.0 Å². The summed E-state index contributed by atoms with van der Waals surface area (Å²) in [6, 6.07) is 3.63. The number of carbonyl (C=O) groups is 3. The van der Waals surface area contributed by atoms with E-state index < -0.39 is 48.9 Å². The molecule has 0 saturated carbocycles. The van der Waals surface area contributed by atoms with Crippen LogP contribution in [0.25, 0.3) is 0 Å². The number of amides is 3. The second kappa shape index (κ2) is 9.33. The van der Waals surface area contributed by atoms with Crippen LogP contribution in [0.4, 0.5) is 0 Å². The molecule has 8 nitrogen and oxygen atoms in total. The molecule has 0 bridgehead atoms. The Hall–Kier alpha value is -3.23. The Balaban J connectivity index is 1.42. The zero-order valence-electron chi connectivity index (χ0n) is 23.8. The molecular weight excluding hydrogens is 422 g/mol. The number of benzene rings is 2. The predicted octanol–water partition coefficient (Wildman–Crippen LogP) is 1.86. The van der Waals surface area contributed by atoms with E-state index in [-0.39, 0.29) is 47.9 Å². The number of imide groups is 1. The van der Waals surface area contributed by atoms with Gasteiger partial charge >= 0.3 is 0 Å². The van der Waals surface area contributed by atoms with Crippen molar-refractivity contribution in [3.63, 3.8) is 0 Å². The van der Waals surface area contributed by atoms with Crippen LogP contribution in [0.5, 0.6) is 5.75 Å². The summed E-state index contributed by atoms with van der Waals surface area (Å²) in [6.45, 7) is -2.03. The lowest BCUT2D eigenvalue weighted by Gasteiger charge is -2.29. The Morgan fingerprint density at radius 3 is 2.76 bits per heavy atom. The van der Waals surface area contributed by atoms with Gasteiger partial charge in [-0.25, -0.2) is 0 Å². The van der Waals surface area contributed by atoms with Crippen LogP contribution in [-0.4, -0.2) is 59.9 Å². The first-order valence-corrected chi connectivity index (χ1v) is 10.8. The van der Waals surface area contributed by atoms with Gasteiger partial charge in [0.2, 0.25) is 11.8 Å². The first-order valence-electron chi connectivity index (χ1n) is 13.9. The number of fused-ring (bicyclic) bond motifs is 1.